The Kier molecular flexibility index (Phi) is 5.66. The van der Waals surface area contributed by atoms with E-state index in [1.54, 1.807) is 7.11 Å². The number of rotatable bonds is 6. The molecule has 0 unspecified atom stereocenters. The first-order valence-corrected chi connectivity index (χ1v) is 9.17. The number of ether oxygens (including phenoxy) is 2. The van der Waals surface area contributed by atoms with Crippen molar-refractivity contribution in [2.24, 2.45) is 5.92 Å². The van der Waals surface area contributed by atoms with Gasteiger partial charge < -0.3 is 14.6 Å². The lowest BCUT2D eigenvalue weighted by Crippen LogP contribution is -2.20. The standard InChI is InChI=1S/C23H26O4/c1-14-5-8-19-16(6-7-17(13-24)23(25)27-4)11-18-12-22(26-3)15(2)10-20(18)21(19)9-14/h5,8-12,17,24H,6-7,13H2,1-4H3/t17-/m1/s1. The minimum absolute atomic E-state index is 0.204. The van der Waals surface area contributed by atoms with Gasteiger partial charge in [-0.05, 0) is 71.5 Å². The number of aliphatic hydroxyl groups excluding tert-OH is 1. The average Bonchev–Trinajstić information content (AvgIpc) is 2.67. The van der Waals surface area contributed by atoms with Crippen LogP contribution in [-0.2, 0) is 16.0 Å². The first-order valence-electron chi connectivity index (χ1n) is 9.17. The zero-order valence-electron chi connectivity index (χ0n) is 16.3. The van der Waals surface area contributed by atoms with E-state index in [2.05, 4.69) is 50.2 Å². The lowest BCUT2D eigenvalue weighted by atomic mass is 9.91. The van der Waals surface area contributed by atoms with Crippen LogP contribution in [0.3, 0.4) is 0 Å². The maximum Gasteiger partial charge on any atom is 0.311 e. The molecule has 4 nitrogen and oxygen atoms in total. The third-order valence-corrected chi connectivity index (χ3v) is 5.22. The van der Waals surface area contributed by atoms with Gasteiger partial charge in [0.2, 0.25) is 0 Å². The fourth-order valence-electron chi connectivity index (χ4n) is 3.69. The molecule has 3 aromatic carbocycles. The maximum absolute atomic E-state index is 11.8. The summed E-state index contributed by atoms with van der Waals surface area (Å²) in [7, 11) is 3.04. The largest absolute Gasteiger partial charge is 0.496 e. The van der Waals surface area contributed by atoms with Gasteiger partial charge in [0.05, 0.1) is 26.7 Å². The van der Waals surface area contributed by atoms with Gasteiger partial charge >= 0.3 is 5.97 Å². The van der Waals surface area contributed by atoms with Crippen LogP contribution in [0.5, 0.6) is 5.75 Å². The molecule has 0 bridgehead atoms. The molecule has 1 atom stereocenters. The Labute approximate surface area is 159 Å². The molecular weight excluding hydrogens is 340 g/mol. The fraction of sp³-hybridized carbons (Fsp3) is 0.348. The molecule has 0 heterocycles. The Bertz CT molecular complexity index is 991. The number of fused-ring (bicyclic) bond motifs is 3. The second-order valence-corrected chi connectivity index (χ2v) is 7.07. The highest BCUT2D eigenvalue weighted by atomic mass is 16.5. The summed E-state index contributed by atoms with van der Waals surface area (Å²) in [5.41, 5.74) is 3.47. The summed E-state index contributed by atoms with van der Waals surface area (Å²) in [6, 6.07) is 12.9. The van der Waals surface area contributed by atoms with Crippen LogP contribution in [0.2, 0.25) is 0 Å². The Morgan fingerprint density at radius 2 is 1.81 bits per heavy atom. The van der Waals surface area contributed by atoms with Crippen LogP contribution < -0.4 is 4.74 Å². The Hall–Kier alpha value is -2.59. The highest BCUT2D eigenvalue weighted by Gasteiger charge is 2.19. The number of benzene rings is 3. The number of methoxy groups -OCH3 is 2. The monoisotopic (exact) mass is 366 g/mol. The zero-order valence-corrected chi connectivity index (χ0v) is 16.3. The van der Waals surface area contributed by atoms with Crippen LogP contribution >= 0.6 is 0 Å². The van der Waals surface area contributed by atoms with Crippen molar-refractivity contribution < 1.29 is 19.4 Å². The number of carbonyl (C=O) groups is 1. The quantitative estimate of drug-likeness (QED) is 0.521. The Balaban J connectivity index is 2.13. The van der Waals surface area contributed by atoms with Crippen LogP contribution in [-0.4, -0.2) is 31.9 Å². The van der Waals surface area contributed by atoms with Gasteiger partial charge in [-0.1, -0.05) is 29.8 Å². The summed E-state index contributed by atoms with van der Waals surface area (Å²) in [5.74, 6) is -0.00210. The van der Waals surface area contributed by atoms with Crippen molar-refractivity contribution in [3.05, 3.63) is 53.1 Å². The second-order valence-electron chi connectivity index (χ2n) is 7.07. The number of aryl methyl sites for hydroxylation is 3. The topological polar surface area (TPSA) is 55.8 Å². The summed E-state index contributed by atoms with van der Waals surface area (Å²) < 4.78 is 10.3. The number of carbonyl (C=O) groups excluding carboxylic acids is 1. The van der Waals surface area contributed by atoms with Gasteiger partial charge in [0.15, 0.2) is 0 Å². The third kappa shape index (κ3) is 3.76. The van der Waals surface area contributed by atoms with Gasteiger partial charge in [-0.2, -0.15) is 0 Å². The van der Waals surface area contributed by atoms with E-state index in [-0.39, 0.29) is 12.6 Å². The molecule has 0 aliphatic heterocycles. The molecule has 1 N–H and O–H groups in total. The zero-order chi connectivity index (χ0) is 19.6. The van der Waals surface area contributed by atoms with E-state index in [1.165, 1.54) is 28.8 Å². The lowest BCUT2D eigenvalue weighted by Gasteiger charge is -2.16. The number of hydrogen-bond acceptors (Lipinski definition) is 4. The first-order chi connectivity index (χ1) is 13.0. The fourth-order valence-corrected chi connectivity index (χ4v) is 3.69. The van der Waals surface area contributed by atoms with E-state index in [4.69, 9.17) is 9.47 Å². The van der Waals surface area contributed by atoms with Crippen LogP contribution in [0.15, 0.2) is 36.4 Å². The van der Waals surface area contributed by atoms with Crippen molar-refractivity contribution >= 4 is 27.5 Å². The van der Waals surface area contributed by atoms with Crippen LogP contribution in [0.25, 0.3) is 21.5 Å². The molecule has 0 spiro atoms. The first kappa shape index (κ1) is 19.2. The molecule has 4 heteroatoms. The smallest absolute Gasteiger partial charge is 0.311 e. The lowest BCUT2D eigenvalue weighted by molar-refractivity contribution is -0.147. The molecule has 0 saturated carbocycles. The van der Waals surface area contributed by atoms with Gasteiger partial charge in [0, 0.05) is 0 Å². The highest BCUT2D eigenvalue weighted by Crippen LogP contribution is 2.34. The predicted octanol–water partition coefficient (Wildman–Crippen LogP) is 4.33. The normalized spacial score (nSPS) is 12.3. The van der Waals surface area contributed by atoms with Gasteiger partial charge in [0.25, 0.3) is 0 Å². The SMILES string of the molecule is COC(=O)[C@@H](CO)CCc1cc2cc(OC)c(C)cc2c2cc(C)ccc12. The van der Waals surface area contributed by atoms with Gasteiger partial charge in [-0.25, -0.2) is 0 Å². The molecule has 142 valence electrons. The molecule has 0 amide bonds. The maximum atomic E-state index is 11.8. The van der Waals surface area contributed by atoms with Crippen molar-refractivity contribution in [3.63, 3.8) is 0 Å². The second kappa shape index (κ2) is 7.97. The minimum atomic E-state index is -0.501. The summed E-state index contributed by atoms with van der Waals surface area (Å²) >= 11 is 0. The summed E-state index contributed by atoms with van der Waals surface area (Å²) in [6.07, 6.45) is 1.23. The molecule has 27 heavy (non-hydrogen) atoms. The number of hydrogen-bond donors (Lipinski definition) is 1. The van der Waals surface area contributed by atoms with E-state index in [0.29, 0.717) is 12.8 Å². The third-order valence-electron chi connectivity index (χ3n) is 5.22. The van der Waals surface area contributed by atoms with E-state index in [9.17, 15) is 9.90 Å². The van der Waals surface area contributed by atoms with Gasteiger partial charge in [-0.15, -0.1) is 0 Å². The van der Waals surface area contributed by atoms with Crippen molar-refractivity contribution in [2.75, 3.05) is 20.8 Å². The molecular formula is C23H26O4. The summed E-state index contributed by atoms with van der Waals surface area (Å²) in [4.78, 5) is 11.8. The van der Waals surface area contributed by atoms with Crippen LogP contribution in [0.4, 0.5) is 0 Å². The molecule has 0 aliphatic rings. The average molecular weight is 366 g/mol. The molecule has 3 rings (SSSR count). The van der Waals surface area contributed by atoms with E-state index >= 15 is 0 Å². The minimum Gasteiger partial charge on any atom is -0.496 e. The summed E-state index contributed by atoms with van der Waals surface area (Å²) in [6.45, 7) is 3.94. The van der Waals surface area contributed by atoms with Crippen molar-refractivity contribution in [2.45, 2.75) is 26.7 Å². The molecule has 0 fully saturated rings. The molecule has 0 aliphatic carbocycles. The van der Waals surface area contributed by atoms with Gasteiger partial charge in [-0.3, -0.25) is 4.79 Å². The number of aliphatic hydroxyl groups is 1. The molecule has 0 saturated heterocycles. The van der Waals surface area contributed by atoms with E-state index in [1.807, 2.05) is 0 Å². The van der Waals surface area contributed by atoms with Gasteiger partial charge in [0.1, 0.15) is 5.75 Å². The number of esters is 1. The Morgan fingerprint density at radius 3 is 2.48 bits per heavy atom. The summed E-state index contributed by atoms with van der Waals surface area (Å²) in [5, 5.41) is 14.2. The van der Waals surface area contributed by atoms with E-state index in [0.717, 1.165) is 22.3 Å². The molecule has 0 aromatic heterocycles. The van der Waals surface area contributed by atoms with Crippen LogP contribution in [0.1, 0.15) is 23.1 Å². The van der Waals surface area contributed by atoms with Crippen molar-refractivity contribution in [3.8, 4) is 5.75 Å². The van der Waals surface area contributed by atoms with Crippen molar-refractivity contribution in [1.29, 1.82) is 0 Å². The molecule has 3 aromatic rings. The van der Waals surface area contributed by atoms with E-state index < -0.39 is 5.92 Å². The predicted molar refractivity (Wildman–Crippen MR) is 108 cm³/mol. The van der Waals surface area contributed by atoms with Crippen molar-refractivity contribution in [1.82, 2.24) is 0 Å². The highest BCUT2D eigenvalue weighted by molar-refractivity contribution is 6.10. The molecule has 0 radical (unpaired) electrons. The Morgan fingerprint density at radius 1 is 1.04 bits per heavy atom. The van der Waals surface area contributed by atoms with Crippen LogP contribution in [0, 0.1) is 19.8 Å².